The first-order chi connectivity index (χ1) is 6.70. The summed E-state index contributed by atoms with van der Waals surface area (Å²) < 4.78 is 6.53. The molecular formula is C9H13ClN2O2. The molecule has 0 unspecified atom stereocenters. The van der Waals surface area contributed by atoms with Crippen molar-refractivity contribution in [3.63, 3.8) is 0 Å². The van der Waals surface area contributed by atoms with Gasteiger partial charge in [0, 0.05) is 6.54 Å². The van der Waals surface area contributed by atoms with Crippen molar-refractivity contribution in [2.24, 2.45) is 0 Å². The maximum atomic E-state index is 11.3. The summed E-state index contributed by atoms with van der Waals surface area (Å²) in [6, 6.07) is 0. The zero-order valence-electron chi connectivity index (χ0n) is 8.29. The summed E-state index contributed by atoms with van der Waals surface area (Å²) in [6.45, 7) is 4.86. The van der Waals surface area contributed by atoms with Crippen LogP contribution in [-0.4, -0.2) is 22.1 Å². The highest BCUT2D eigenvalue weighted by Crippen LogP contribution is 2.15. The highest BCUT2D eigenvalue weighted by Gasteiger charge is 2.16. The molecule has 0 aromatic carbocycles. The van der Waals surface area contributed by atoms with Crippen LogP contribution in [0, 0.1) is 0 Å². The number of rotatable bonds is 4. The van der Waals surface area contributed by atoms with Crippen LogP contribution in [0.1, 0.15) is 30.8 Å². The van der Waals surface area contributed by atoms with E-state index in [0.717, 1.165) is 13.0 Å². The Kier molecular flexibility index (Phi) is 3.95. The molecule has 0 fully saturated rings. The number of hydrogen-bond acceptors (Lipinski definition) is 3. The van der Waals surface area contributed by atoms with Crippen LogP contribution < -0.4 is 0 Å². The molecule has 0 saturated heterocycles. The Balaban J connectivity index is 2.83. The maximum Gasteiger partial charge on any atom is 0.360 e. The van der Waals surface area contributed by atoms with Gasteiger partial charge in [0.2, 0.25) is 0 Å². The fraction of sp³-hybridized carbons (Fsp3) is 0.556. The lowest BCUT2D eigenvalue weighted by molar-refractivity contribution is 0.0520. The average molecular weight is 217 g/mol. The summed E-state index contributed by atoms with van der Waals surface area (Å²) in [4.78, 5) is 15.2. The molecule has 0 N–H and O–H groups in total. The second-order valence-corrected chi connectivity index (χ2v) is 3.16. The molecule has 0 atom stereocenters. The summed E-state index contributed by atoms with van der Waals surface area (Å²) in [5.41, 5.74) is 0.196. The van der Waals surface area contributed by atoms with E-state index in [2.05, 4.69) is 4.98 Å². The van der Waals surface area contributed by atoms with E-state index < -0.39 is 5.97 Å². The number of esters is 1. The molecule has 0 spiro atoms. The number of hydrogen-bond donors (Lipinski definition) is 0. The molecule has 0 amide bonds. The third kappa shape index (κ3) is 2.26. The lowest BCUT2D eigenvalue weighted by atomic mass is 10.4. The van der Waals surface area contributed by atoms with Crippen molar-refractivity contribution in [3.8, 4) is 0 Å². The zero-order valence-corrected chi connectivity index (χ0v) is 9.04. The highest BCUT2D eigenvalue weighted by atomic mass is 35.5. The van der Waals surface area contributed by atoms with E-state index in [1.165, 1.54) is 0 Å². The van der Waals surface area contributed by atoms with Crippen molar-refractivity contribution in [1.82, 2.24) is 9.55 Å². The average Bonchev–Trinajstić information content (AvgIpc) is 2.49. The second kappa shape index (κ2) is 5.00. The number of imidazole rings is 1. The van der Waals surface area contributed by atoms with Crippen LogP contribution in [0.25, 0.3) is 0 Å². The van der Waals surface area contributed by atoms with Gasteiger partial charge in [-0.2, -0.15) is 0 Å². The predicted molar refractivity (Wildman–Crippen MR) is 53.5 cm³/mol. The van der Waals surface area contributed by atoms with Gasteiger partial charge in [-0.1, -0.05) is 18.5 Å². The minimum absolute atomic E-state index is 0.196. The van der Waals surface area contributed by atoms with Gasteiger partial charge in [-0.3, -0.25) is 0 Å². The van der Waals surface area contributed by atoms with Gasteiger partial charge in [-0.25, -0.2) is 9.78 Å². The number of nitrogens with zero attached hydrogens (tertiary/aromatic N) is 2. The molecule has 5 heteroatoms. The summed E-state index contributed by atoms with van der Waals surface area (Å²) >= 11 is 5.93. The van der Waals surface area contributed by atoms with Crippen molar-refractivity contribution in [1.29, 1.82) is 0 Å². The Morgan fingerprint density at radius 2 is 2.36 bits per heavy atom. The Bertz CT molecular complexity index is 323. The van der Waals surface area contributed by atoms with Gasteiger partial charge >= 0.3 is 5.97 Å². The number of ether oxygens (including phenoxy) is 1. The first kappa shape index (κ1) is 11.0. The lowest BCUT2D eigenvalue weighted by Crippen LogP contribution is -2.06. The molecule has 0 aliphatic carbocycles. The summed E-state index contributed by atoms with van der Waals surface area (Å²) in [7, 11) is 0. The van der Waals surface area contributed by atoms with E-state index in [0.29, 0.717) is 11.8 Å². The van der Waals surface area contributed by atoms with Gasteiger partial charge in [0.15, 0.2) is 5.69 Å². The molecule has 1 rings (SSSR count). The van der Waals surface area contributed by atoms with Crippen LogP contribution in [0.4, 0.5) is 0 Å². The van der Waals surface area contributed by atoms with E-state index >= 15 is 0 Å². The fourth-order valence-corrected chi connectivity index (χ4v) is 1.35. The molecule has 0 radical (unpaired) electrons. The van der Waals surface area contributed by atoms with Crippen molar-refractivity contribution in [3.05, 3.63) is 17.2 Å². The topological polar surface area (TPSA) is 44.1 Å². The third-order valence-electron chi connectivity index (χ3n) is 1.71. The maximum absolute atomic E-state index is 11.3. The van der Waals surface area contributed by atoms with E-state index in [-0.39, 0.29) is 5.69 Å². The molecule has 0 saturated carbocycles. The van der Waals surface area contributed by atoms with Gasteiger partial charge in [-0.15, -0.1) is 0 Å². The summed E-state index contributed by atoms with van der Waals surface area (Å²) in [6.07, 6.45) is 2.50. The van der Waals surface area contributed by atoms with E-state index in [1.807, 2.05) is 6.92 Å². The molecule has 0 bridgehead atoms. The Hall–Kier alpha value is -1.03. The monoisotopic (exact) mass is 216 g/mol. The van der Waals surface area contributed by atoms with Crippen LogP contribution in [0.2, 0.25) is 5.15 Å². The van der Waals surface area contributed by atoms with Crippen LogP contribution >= 0.6 is 11.6 Å². The SMILES string of the molecule is CCCn1cnc(C(=O)OCC)c1Cl. The Labute approximate surface area is 87.8 Å². The van der Waals surface area contributed by atoms with Crippen molar-refractivity contribution < 1.29 is 9.53 Å². The van der Waals surface area contributed by atoms with Crippen molar-refractivity contribution in [2.75, 3.05) is 6.61 Å². The highest BCUT2D eigenvalue weighted by molar-refractivity contribution is 6.32. The zero-order chi connectivity index (χ0) is 10.6. The van der Waals surface area contributed by atoms with Gasteiger partial charge < -0.3 is 9.30 Å². The second-order valence-electron chi connectivity index (χ2n) is 2.80. The first-order valence-corrected chi connectivity index (χ1v) is 4.96. The smallest absolute Gasteiger partial charge is 0.360 e. The van der Waals surface area contributed by atoms with Crippen LogP contribution in [0.5, 0.6) is 0 Å². The molecule has 14 heavy (non-hydrogen) atoms. The van der Waals surface area contributed by atoms with E-state index in [4.69, 9.17) is 16.3 Å². The summed E-state index contributed by atoms with van der Waals surface area (Å²) in [5.74, 6) is -0.465. The number of aryl methyl sites for hydroxylation is 1. The number of carbonyl (C=O) groups is 1. The van der Waals surface area contributed by atoms with Gasteiger partial charge in [0.1, 0.15) is 5.15 Å². The molecule has 0 aliphatic heterocycles. The first-order valence-electron chi connectivity index (χ1n) is 4.58. The lowest BCUT2D eigenvalue weighted by Gasteiger charge is -2.01. The molecule has 1 heterocycles. The fourth-order valence-electron chi connectivity index (χ4n) is 1.10. The van der Waals surface area contributed by atoms with Crippen LogP contribution in [0.15, 0.2) is 6.33 Å². The molecule has 1 aromatic heterocycles. The standard InChI is InChI=1S/C9H13ClN2O2/c1-3-5-12-6-11-7(8(12)10)9(13)14-4-2/h6H,3-5H2,1-2H3. The van der Waals surface area contributed by atoms with Gasteiger partial charge in [0.05, 0.1) is 12.9 Å². The number of carbonyl (C=O) groups excluding carboxylic acids is 1. The Morgan fingerprint density at radius 1 is 1.64 bits per heavy atom. The number of halogens is 1. The molecular weight excluding hydrogens is 204 g/mol. The third-order valence-corrected chi connectivity index (χ3v) is 2.10. The van der Waals surface area contributed by atoms with Crippen LogP contribution in [0.3, 0.4) is 0 Å². The Morgan fingerprint density at radius 3 is 2.93 bits per heavy atom. The van der Waals surface area contributed by atoms with Crippen LogP contribution in [-0.2, 0) is 11.3 Å². The van der Waals surface area contributed by atoms with Gasteiger partial charge in [-0.05, 0) is 13.3 Å². The molecule has 4 nitrogen and oxygen atoms in total. The predicted octanol–water partition coefficient (Wildman–Crippen LogP) is 2.12. The minimum atomic E-state index is -0.465. The molecule has 0 aliphatic rings. The van der Waals surface area contributed by atoms with Crippen molar-refractivity contribution in [2.45, 2.75) is 26.8 Å². The van der Waals surface area contributed by atoms with E-state index in [9.17, 15) is 4.79 Å². The normalized spacial score (nSPS) is 10.2. The molecule has 78 valence electrons. The minimum Gasteiger partial charge on any atom is -0.461 e. The van der Waals surface area contributed by atoms with E-state index in [1.54, 1.807) is 17.8 Å². The quantitative estimate of drug-likeness (QED) is 0.725. The van der Waals surface area contributed by atoms with Gasteiger partial charge in [0.25, 0.3) is 0 Å². The van der Waals surface area contributed by atoms with Crippen molar-refractivity contribution >= 4 is 17.6 Å². The summed E-state index contributed by atoms with van der Waals surface area (Å²) in [5, 5.41) is 0.352. The largest absolute Gasteiger partial charge is 0.461 e. The number of aromatic nitrogens is 2. The molecule has 1 aromatic rings.